The number of rotatable bonds is 5. The number of carbonyl (C=O) groups excluding carboxylic acids is 1. The van der Waals surface area contributed by atoms with E-state index in [1.807, 2.05) is 26.0 Å². The van der Waals surface area contributed by atoms with E-state index in [0.29, 0.717) is 6.42 Å². The lowest BCUT2D eigenvalue weighted by atomic mass is 10.1. The Morgan fingerprint density at radius 3 is 2.63 bits per heavy atom. The molecule has 106 valence electrons. The molecular formula is C13H20N2O3S. The lowest BCUT2D eigenvalue weighted by Crippen LogP contribution is -2.39. The molecule has 0 spiro atoms. The number of aromatic nitrogens is 1. The Bertz CT molecular complexity index is 555. The van der Waals surface area contributed by atoms with Crippen molar-refractivity contribution in [1.29, 1.82) is 0 Å². The summed E-state index contributed by atoms with van der Waals surface area (Å²) < 4.78 is 22.2. The van der Waals surface area contributed by atoms with E-state index in [1.54, 1.807) is 13.2 Å². The van der Waals surface area contributed by atoms with Crippen LogP contribution in [0.5, 0.6) is 0 Å². The van der Waals surface area contributed by atoms with Crippen molar-refractivity contribution in [2.45, 2.75) is 26.3 Å². The lowest BCUT2D eigenvalue weighted by Gasteiger charge is -2.24. The summed E-state index contributed by atoms with van der Waals surface area (Å²) in [6.45, 7) is 3.86. The second-order valence-electron chi connectivity index (χ2n) is 4.95. The van der Waals surface area contributed by atoms with Crippen LogP contribution < -0.4 is 0 Å². The van der Waals surface area contributed by atoms with Gasteiger partial charge in [-0.1, -0.05) is 0 Å². The highest BCUT2D eigenvalue weighted by Gasteiger charge is 2.20. The summed E-state index contributed by atoms with van der Waals surface area (Å²) in [5.74, 6) is -0.836. The lowest BCUT2D eigenvalue weighted by molar-refractivity contribution is -0.128. The highest BCUT2D eigenvalue weighted by atomic mass is 32.2. The first-order chi connectivity index (χ1) is 8.69. The zero-order chi connectivity index (χ0) is 14.6. The van der Waals surface area contributed by atoms with Crippen LogP contribution in [0.4, 0.5) is 0 Å². The first kappa shape index (κ1) is 15.6. The third-order valence-electron chi connectivity index (χ3n) is 2.92. The zero-order valence-electron chi connectivity index (χ0n) is 11.8. The molecule has 0 aliphatic heterocycles. The minimum atomic E-state index is -3.29. The van der Waals surface area contributed by atoms with Gasteiger partial charge in [0.05, 0.1) is 0 Å². The predicted octanol–water partition coefficient (Wildman–Crippen LogP) is 0.824. The molecule has 1 amide bonds. The van der Waals surface area contributed by atoms with E-state index < -0.39 is 15.6 Å². The summed E-state index contributed by atoms with van der Waals surface area (Å²) in [6.07, 6.45) is 3.40. The maximum absolute atomic E-state index is 11.8. The highest BCUT2D eigenvalue weighted by Crippen LogP contribution is 2.08. The van der Waals surface area contributed by atoms with Crippen LogP contribution in [-0.2, 0) is 21.1 Å². The fourth-order valence-corrected chi connectivity index (χ4v) is 2.37. The normalized spacial score (nSPS) is 13.1. The van der Waals surface area contributed by atoms with Crippen LogP contribution in [-0.4, -0.2) is 49.3 Å². The maximum atomic E-state index is 11.8. The minimum absolute atomic E-state index is 0.0939. The molecule has 6 heteroatoms. The molecule has 1 rings (SSSR count). The Morgan fingerprint density at radius 1 is 1.47 bits per heavy atom. The number of aryl methyl sites for hydroxylation is 1. The van der Waals surface area contributed by atoms with E-state index in [4.69, 9.17) is 0 Å². The van der Waals surface area contributed by atoms with Gasteiger partial charge in [-0.3, -0.25) is 9.78 Å². The smallest absolute Gasteiger partial charge is 0.237 e. The number of pyridine rings is 1. The molecule has 0 aliphatic rings. The molecular weight excluding hydrogens is 264 g/mol. The van der Waals surface area contributed by atoms with Crippen molar-refractivity contribution in [3.63, 3.8) is 0 Å². The van der Waals surface area contributed by atoms with Crippen molar-refractivity contribution < 1.29 is 13.2 Å². The van der Waals surface area contributed by atoms with Crippen molar-refractivity contribution in [1.82, 2.24) is 9.88 Å². The zero-order valence-corrected chi connectivity index (χ0v) is 12.6. The molecule has 0 saturated heterocycles. The summed E-state index contributed by atoms with van der Waals surface area (Å²) in [6, 6.07) is 3.78. The monoisotopic (exact) mass is 284 g/mol. The molecule has 0 aliphatic carbocycles. The van der Waals surface area contributed by atoms with E-state index >= 15 is 0 Å². The van der Waals surface area contributed by atoms with Crippen LogP contribution >= 0.6 is 0 Å². The minimum Gasteiger partial charge on any atom is -0.342 e. The van der Waals surface area contributed by atoms with Gasteiger partial charge in [-0.25, -0.2) is 8.42 Å². The van der Waals surface area contributed by atoms with Gasteiger partial charge in [-0.15, -0.1) is 0 Å². The molecule has 0 N–H and O–H groups in total. The molecule has 1 heterocycles. The van der Waals surface area contributed by atoms with E-state index in [-0.39, 0.29) is 11.9 Å². The Morgan fingerprint density at radius 2 is 2.11 bits per heavy atom. The number of sulfone groups is 1. The Hall–Kier alpha value is -1.43. The Kier molecular flexibility index (Phi) is 5.05. The van der Waals surface area contributed by atoms with Gasteiger partial charge < -0.3 is 4.90 Å². The standard InChI is InChI=1S/C13H20N2O3S/c1-10-5-6-14-12(7-10)8-11(2)15(3)13(16)9-19(4,17)18/h5-7,11H,8-9H2,1-4H3. The van der Waals surface area contributed by atoms with Crippen LogP contribution in [0.1, 0.15) is 18.2 Å². The fraction of sp³-hybridized carbons (Fsp3) is 0.538. The molecule has 1 aromatic heterocycles. The third-order valence-corrected chi connectivity index (χ3v) is 3.69. The van der Waals surface area contributed by atoms with Crippen LogP contribution in [0, 0.1) is 6.92 Å². The second-order valence-corrected chi connectivity index (χ2v) is 7.09. The van der Waals surface area contributed by atoms with Crippen molar-refractivity contribution in [2.75, 3.05) is 19.1 Å². The molecule has 1 atom stereocenters. The van der Waals surface area contributed by atoms with E-state index in [1.165, 1.54) is 4.90 Å². The first-order valence-electron chi connectivity index (χ1n) is 6.04. The van der Waals surface area contributed by atoms with Crippen LogP contribution in [0.2, 0.25) is 0 Å². The fourth-order valence-electron chi connectivity index (χ4n) is 1.72. The quantitative estimate of drug-likeness (QED) is 0.803. The molecule has 0 bridgehead atoms. The number of nitrogens with zero attached hydrogens (tertiary/aromatic N) is 2. The van der Waals surface area contributed by atoms with Gasteiger partial charge >= 0.3 is 0 Å². The van der Waals surface area contributed by atoms with E-state index in [2.05, 4.69) is 4.98 Å². The van der Waals surface area contributed by atoms with Gasteiger partial charge in [0.1, 0.15) is 5.75 Å². The molecule has 1 unspecified atom stereocenters. The summed E-state index contributed by atoms with van der Waals surface area (Å²) in [7, 11) is -1.67. The number of hydrogen-bond acceptors (Lipinski definition) is 4. The number of carbonyl (C=O) groups is 1. The average Bonchev–Trinajstić information content (AvgIpc) is 2.25. The van der Waals surface area contributed by atoms with E-state index in [0.717, 1.165) is 17.5 Å². The van der Waals surface area contributed by atoms with Crippen LogP contribution in [0.25, 0.3) is 0 Å². The van der Waals surface area contributed by atoms with Crippen molar-refractivity contribution in [3.8, 4) is 0 Å². The Labute approximate surface area is 114 Å². The van der Waals surface area contributed by atoms with Gasteiger partial charge in [0.25, 0.3) is 0 Å². The molecule has 1 aromatic rings. The van der Waals surface area contributed by atoms with Gasteiger partial charge in [0, 0.05) is 37.7 Å². The topological polar surface area (TPSA) is 67.3 Å². The Balaban J connectivity index is 2.67. The largest absolute Gasteiger partial charge is 0.342 e. The highest BCUT2D eigenvalue weighted by molar-refractivity contribution is 7.91. The van der Waals surface area contributed by atoms with Gasteiger partial charge in [0.2, 0.25) is 5.91 Å². The second kappa shape index (κ2) is 6.14. The number of hydrogen-bond donors (Lipinski definition) is 0. The SMILES string of the molecule is Cc1ccnc(CC(C)N(C)C(=O)CS(C)(=O)=O)c1. The van der Waals surface area contributed by atoms with Gasteiger partial charge in [-0.2, -0.15) is 0 Å². The molecule has 0 aromatic carbocycles. The molecule has 0 radical (unpaired) electrons. The van der Waals surface area contributed by atoms with Crippen molar-refractivity contribution in [2.24, 2.45) is 0 Å². The first-order valence-corrected chi connectivity index (χ1v) is 8.10. The summed E-state index contributed by atoms with van der Waals surface area (Å²) in [4.78, 5) is 17.5. The molecule has 19 heavy (non-hydrogen) atoms. The molecule has 0 saturated carbocycles. The van der Waals surface area contributed by atoms with E-state index in [9.17, 15) is 13.2 Å². The number of amides is 1. The molecule has 5 nitrogen and oxygen atoms in total. The van der Waals surface area contributed by atoms with Gasteiger partial charge in [-0.05, 0) is 31.5 Å². The van der Waals surface area contributed by atoms with Gasteiger partial charge in [0.15, 0.2) is 9.84 Å². The summed E-state index contributed by atoms with van der Waals surface area (Å²) in [5, 5.41) is 0. The van der Waals surface area contributed by atoms with Crippen molar-refractivity contribution in [3.05, 3.63) is 29.6 Å². The van der Waals surface area contributed by atoms with Crippen molar-refractivity contribution >= 4 is 15.7 Å². The van der Waals surface area contributed by atoms with Crippen LogP contribution in [0.3, 0.4) is 0 Å². The summed E-state index contributed by atoms with van der Waals surface area (Å²) >= 11 is 0. The summed E-state index contributed by atoms with van der Waals surface area (Å²) in [5.41, 5.74) is 2.01. The van der Waals surface area contributed by atoms with Crippen LogP contribution in [0.15, 0.2) is 18.3 Å². The predicted molar refractivity (Wildman–Crippen MR) is 74.6 cm³/mol. The molecule has 0 fully saturated rings. The number of likely N-dealkylation sites (N-methyl/N-ethyl adjacent to an activating group) is 1. The maximum Gasteiger partial charge on any atom is 0.237 e. The average molecular weight is 284 g/mol. The third kappa shape index (κ3) is 5.38.